The maximum Gasteiger partial charge on any atom is 0.307 e. The van der Waals surface area contributed by atoms with Crippen molar-refractivity contribution < 1.29 is 9.90 Å². The molecule has 0 bridgehead atoms. The summed E-state index contributed by atoms with van der Waals surface area (Å²) in [6, 6.07) is 6.08. The van der Waals surface area contributed by atoms with E-state index in [4.69, 9.17) is 10.8 Å². The number of benzene rings is 1. The first-order chi connectivity index (χ1) is 8.11. The molecule has 17 heavy (non-hydrogen) atoms. The summed E-state index contributed by atoms with van der Waals surface area (Å²) in [6.07, 6.45) is 1.95. The van der Waals surface area contributed by atoms with E-state index in [2.05, 4.69) is 0 Å². The maximum absolute atomic E-state index is 10.8. The molecule has 0 atom stereocenters. The van der Waals surface area contributed by atoms with Crippen molar-refractivity contribution in [1.29, 1.82) is 0 Å². The summed E-state index contributed by atoms with van der Waals surface area (Å²) < 4.78 is 2.02. The van der Waals surface area contributed by atoms with Gasteiger partial charge in [0.25, 0.3) is 0 Å². The molecule has 2 rings (SSSR count). The Hall–Kier alpha value is -1.81. The van der Waals surface area contributed by atoms with Crippen molar-refractivity contribution >= 4 is 16.9 Å². The third kappa shape index (κ3) is 2.31. The smallest absolute Gasteiger partial charge is 0.307 e. The maximum atomic E-state index is 10.8. The van der Waals surface area contributed by atoms with Gasteiger partial charge in [-0.05, 0) is 24.6 Å². The molecule has 0 aliphatic rings. The van der Waals surface area contributed by atoms with Crippen LogP contribution in [-0.2, 0) is 17.8 Å². The second-order valence-corrected chi connectivity index (χ2v) is 4.23. The lowest BCUT2D eigenvalue weighted by Crippen LogP contribution is -2.08. The Morgan fingerprint density at radius 2 is 2.24 bits per heavy atom. The van der Waals surface area contributed by atoms with E-state index in [-0.39, 0.29) is 6.42 Å². The first-order valence-electron chi connectivity index (χ1n) is 5.62. The van der Waals surface area contributed by atoms with Crippen molar-refractivity contribution in [2.75, 3.05) is 6.54 Å². The highest BCUT2D eigenvalue weighted by atomic mass is 16.4. The SMILES string of the molecule is Cc1ccc2c(c1)c(CC(=O)O)cn2CCN. The second kappa shape index (κ2) is 4.59. The molecule has 90 valence electrons. The molecule has 0 saturated heterocycles. The molecule has 1 aromatic heterocycles. The minimum atomic E-state index is -0.807. The molecule has 4 nitrogen and oxygen atoms in total. The summed E-state index contributed by atoms with van der Waals surface area (Å²) in [5.74, 6) is -0.807. The Labute approximate surface area is 99.7 Å². The van der Waals surface area contributed by atoms with Crippen LogP contribution in [0.15, 0.2) is 24.4 Å². The molecule has 0 amide bonds. The zero-order chi connectivity index (χ0) is 12.4. The zero-order valence-electron chi connectivity index (χ0n) is 9.81. The molecule has 0 fully saturated rings. The second-order valence-electron chi connectivity index (χ2n) is 4.23. The number of carbonyl (C=O) groups is 1. The van der Waals surface area contributed by atoms with Crippen molar-refractivity contribution in [2.45, 2.75) is 19.9 Å². The van der Waals surface area contributed by atoms with Gasteiger partial charge in [0, 0.05) is 30.2 Å². The van der Waals surface area contributed by atoms with Crippen molar-refractivity contribution in [3.63, 3.8) is 0 Å². The number of aliphatic carboxylic acids is 1. The lowest BCUT2D eigenvalue weighted by atomic mass is 10.1. The van der Waals surface area contributed by atoms with Gasteiger partial charge < -0.3 is 15.4 Å². The predicted molar refractivity (Wildman–Crippen MR) is 67.1 cm³/mol. The zero-order valence-corrected chi connectivity index (χ0v) is 9.81. The van der Waals surface area contributed by atoms with Crippen LogP contribution in [0, 0.1) is 6.92 Å². The lowest BCUT2D eigenvalue weighted by molar-refractivity contribution is -0.136. The van der Waals surface area contributed by atoms with Crippen LogP contribution in [0.3, 0.4) is 0 Å². The molecule has 0 aliphatic carbocycles. The highest BCUT2D eigenvalue weighted by Gasteiger charge is 2.10. The van der Waals surface area contributed by atoms with Crippen molar-refractivity contribution in [3.05, 3.63) is 35.5 Å². The van der Waals surface area contributed by atoms with Crippen LogP contribution in [0.25, 0.3) is 10.9 Å². The highest BCUT2D eigenvalue weighted by molar-refractivity contribution is 5.88. The summed E-state index contributed by atoms with van der Waals surface area (Å²) in [7, 11) is 0. The number of carboxylic acids is 1. The Morgan fingerprint density at radius 3 is 2.88 bits per heavy atom. The molecule has 1 aromatic carbocycles. The molecule has 0 saturated carbocycles. The average molecular weight is 232 g/mol. The number of carboxylic acid groups (broad SMARTS) is 1. The fraction of sp³-hybridized carbons (Fsp3) is 0.308. The number of hydrogen-bond acceptors (Lipinski definition) is 2. The molecular formula is C13H16N2O2. The summed E-state index contributed by atoms with van der Waals surface area (Å²) in [5.41, 5.74) is 8.59. The molecule has 1 heterocycles. The van der Waals surface area contributed by atoms with Crippen molar-refractivity contribution in [3.8, 4) is 0 Å². The van der Waals surface area contributed by atoms with Gasteiger partial charge in [-0.2, -0.15) is 0 Å². The monoisotopic (exact) mass is 232 g/mol. The molecule has 3 N–H and O–H groups in total. The number of nitrogens with two attached hydrogens (primary N) is 1. The van der Waals surface area contributed by atoms with Gasteiger partial charge in [-0.15, -0.1) is 0 Å². The molecule has 0 unspecified atom stereocenters. The number of aryl methyl sites for hydroxylation is 1. The van der Waals surface area contributed by atoms with E-state index in [9.17, 15) is 4.79 Å². The van der Waals surface area contributed by atoms with Crippen LogP contribution in [0.1, 0.15) is 11.1 Å². The van der Waals surface area contributed by atoms with Gasteiger partial charge in [0.05, 0.1) is 6.42 Å². The minimum Gasteiger partial charge on any atom is -0.481 e. The van der Waals surface area contributed by atoms with Gasteiger partial charge in [0.1, 0.15) is 0 Å². The molecule has 0 radical (unpaired) electrons. The minimum absolute atomic E-state index is 0.0531. The van der Waals surface area contributed by atoms with Gasteiger partial charge in [0.15, 0.2) is 0 Å². The molecule has 0 aliphatic heterocycles. The summed E-state index contributed by atoms with van der Waals surface area (Å²) in [5, 5.41) is 9.92. The first kappa shape index (κ1) is 11.7. The Kier molecular flexibility index (Phi) is 3.15. The Balaban J connectivity index is 2.57. The van der Waals surface area contributed by atoms with Crippen LogP contribution in [-0.4, -0.2) is 22.2 Å². The average Bonchev–Trinajstić information content (AvgIpc) is 2.56. The van der Waals surface area contributed by atoms with Gasteiger partial charge in [-0.25, -0.2) is 0 Å². The summed E-state index contributed by atoms with van der Waals surface area (Å²) >= 11 is 0. The fourth-order valence-corrected chi connectivity index (χ4v) is 2.11. The topological polar surface area (TPSA) is 68.2 Å². The number of aromatic nitrogens is 1. The fourth-order valence-electron chi connectivity index (χ4n) is 2.11. The standard InChI is InChI=1S/C13H16N2O2/c1-9-2-3-12-11(6-9)10(7-13(16)17)8-15(12)5-4-14/h2-3,6,8H,4-5,7,14H2,1H3,(H,16,17). The Morgan fingerprint density at radius 1 is 1.47 bits per heavy atom. The lowest BCUT2D eigenvalue weighted by Gasteiger charge is -2.02. The number of nitrogens with zero attached hydrogens (tertiary/aromatic N) is 1. The molecule has 2 aromatic rings. The van der Waals surface area contributed by atoms with E-state index in [1.165, 1.54) is 0 Å². The quantitative estimate of drug-likeness (QED) is 0.840. The van der Waals surface area contributed by atoms with Crippen LogP contribution in [0.2, 0.25) is 0 Å². The van der Waals surface area contributed by atoms with Gasteiger partial charge in [-0.1, -0.05) is 11.6 Å². The molecular weight excluding hydrogens is 216 g/mol. The van der Waals surface area contributed by atoms with E-state index in [1.807, 2.05) is 35.9 Å². The number of fused-ring (bicyclic) bond motifs is 1. The number of rotatable bonds is 4. The van der Waals surface area contributed by atoms with E-state index < -0.39 is 5.97 Å². The Bertz CT molecular complexity index is 558. The predicted octanol–water partition coefficient (Wildman–Crippen LogP) is 1.54. The summed E-state index contributed by atoms with van der Waals surface area (Å²) in [6.45, 7) is 3.26. The van der Waals surface area contributed by atoms with E-state index in [0.717, 1.165) is 22.0 Å². The van der Waals surface area contributed by atoms with Crippen LogP contribution in [0.5, 0.6) is 0 Å². The van der Waals surface area contributed by atoms with Gasteiger partial charge in [0.2, 0.25) is 0 Å². The van der Waals surface area contributed by atoms with E-state index >= 15 is 0 Å². The third-order valence-electron chi connectivity index (χ3n) is 2.83. The van der Waals surface area contributed by atoms with Crippen LogP contribution in [0.4, 0.5) is 0 Å². The molecule has 4 heteroatoms. The number of hydrogen-bond donors (Lipinski definition) is 2. The van der Waals surface area contributed by atoms with Gasteiger partial charge in [-0.3, -0.25) is 4.79 Å². The van der Waals surface area contributed by atoms with Crippen LogP contribution >= 0.6 is 0 Å². The van der Waals surface area contributed by atoms with Crippen molar-refractivity contribution in [2.24, 2.45) is 5.73 Å². The first-order valence-corrected chi connectivity index (χ1v) is 5.62. The van der Waals surface area contributed by atoms with Gasteiger partial charge >= 0.3 is 5.97 Å². The van der Waals surface area contributed by atoms with E-state index in [1.54, 1.807) is 0 Å². The highest BCUT2D eigenvalue weighted by Crippen LogP contribution is 2.23. The van der Waals surface area contributed by atoms with Crippen molar-refractivity contribution in [1.82, 2.24) is 4.57 Å². The largest absolute Gasteiger partial charge is 0.481 e. The summed E-state index contributed by atoms with van der Waals surface area (Å²) in [4.78, 5) is 10.8. The normalized spacial score (nSPS) is 10.9. The van der Waals surface area contributed by atoms with Crippen LogP contribution < -0.4 is 5.73 Å². The molecule has 0 spiro atoms. The van der Waals surface area contributed by atoms with E-state index in [0.29, 0.717) is 13.1 Å². The third-order valence-corrected chi connectivity index (χ3v) is 2.83.